The predicted octanol–water partition coefficient (Wildman–Crippen LogP) is 4.88. The van der Waals surface area contributed by atoms with Gasteiger partial charge in [0.15, 0.2) is 16.8 Å². The summed E-state index contributed by atoms with van der Waals surface area (Å²) in [4.78, 5) is 17.1. The molecule has 0 saturated carbocycles. The quantitative estimate of drug-likeness (QED) is 0.308. The summed E-state index contributed by atoms with van der Waals surface area (Å²) in [7, 11) is 1.91. The Kier molecular flexibility index (Phi) is 6.04. The molecule has 0 fully saturated rings. The maximum Gasteiger partial charge on any atom is 0.191 e. The molecule has 0 aliphatic rings. The monoisotopic (exact) mass is 431 g/mol. The van der Waals surface area contributed by atoms with E-state index in [1.54, 1.807) is 12.4 Å². The number of nitrogens with zero attached hydrogens (tertiary/aromatic N) is 5. The van der Waals surface area contributed by atoms with Gasteiger partial charge < -0.3 is 9.13 Å². The lowest BCUT2D eigenvalue weighted by molar-refractivity contribution is 0.102. The Hall–Kier alpha value is -3.19. The van der Waals surface area contributed by atoms with Gasteiger partial charge in [-0.2, -0.15) is 0 Å². The van der Waals surface area contributed by atoms with E-state index in [1.807, 2.05) is 54.9 Å². The van der Waals surface area contributed by atoms with Crippen LogP contribution in [0.4, 0.5) is 0 Å². The molecule has 0 N–H and O–H groups in total. The number of benzene rings is 1. The minimum Gasteiger partial charge on any atom is -0.341 e. The van der Waals surface area contributed by atoms with Gasteiger partial charge in [0.2, 0.25) is 0 Å². The third-order valence-electron chi connectivity index (χ3n) is 5.56. The summed E-state index contributed by atoms with van der Waals surface area (Å²) in [6.45, 7) is 6.24. The lowest BCUT2D eigenvalue weighted by Gasteiger charge is -2.19. The summed E-state index contributed by atoms with van der Waals surface area (Å²) in [5, 5.41) is 9.26. The van der Waals surface area contributed by atoms with Crippen LogP contribution in [0.3, 0.4) is 0 Å². The number of carbonyl (C=O) groups excluding carboxylic acids is 1. The summed E-state index contributed by atoms with van der Waals surface area (Å²) in [5.74, 6) is 1.16. The van der Waals surface area contributed by atoms with E-state index in [9.17, 15) is 4.79 Å². The fraction of sp³-hybridized carbons (Fsp3) is 0.250. The predicted molar refractivity (Wildman–Crippen MR) is 123 cm³/mol. The van der Waals surface area contributed by atoms with Crippen LogP contribution in [-0.4, -0.2) is 35.9 Å². The third kappa shape index (κ3) is 4.18. The molecule has 3 aromatic heterocycles. The van der Waals surface area contributed by atoms with Crippen LogP contribution in [0.15, 0.2) is 66.1 Å². The van der Waals surface area contributed by atoms with Crippen molar-refractivity contribution in [3.8, 4) is 11.4 Å². The third-order valence-corrected chi connectivity index (χ3v) is 6.58. The van der Waals surface area contributed by atoms with Crippen molar-refractivity contribution < 1.29 is 4.79 Å². The second-order valence-electron chi connectivity index (χ2n) is 7.55. The first-order chi connectivity index (χ1) is 15.0. The van der Waals surface area contributed by atoms with Crippen LogP contribution in [0.1, 0.15) is 40.3 Å². The highest BCUT2D eigenvalue weighted by Gasteiger charge is 2.21. The van der Waals surface area contributed by atoms with E-state index in [4.69, 9.17) is 0 Å². The highest BCUT2D eigenvalue weighted by molar-refractivity contribution is 7.99. The zero-order valence-corrected chi connectivity index (χ0v) is 18.9. The van der Waals surface area contributed by atoms with Crippen molar-refractivity contribution in [3.05, 3.63) is 83.4 Å². The van der Waals surface area contributed by atoms with E-state index < -0.39 is 0 Å². The van der Waals surface area contributed by atoms with Gasteiger partial charge in [0, 0.05) is 42.0 Å². The van der Waals surface area contributed by atoms with Crippen molar-refractivity contribution in [2.24, 2.45) is 7.05 Å². The van der Waals surface area contributed by atoms with E-state index in [1.165, 1.54) is 17.3 Å². The van der Waals surface area contributed by atoms with E-state index >= 15 is 0 Å². The number of hydrogen-bond acceptors (Lipinski definition) is 5. The van der Waals surface area contributed by atoms with Gasteiger partial charge in [0.1, 0.15) is 0 Å². The lowest BCUT2D eigenvalue weighted by atomic mass is 10.1. The molecule has 0 spiro atoms. The minimum atomic E-state index is 0.0954. The lowest BCUT2D eigenvalue weighted by Crippen LogP contribution is -2.12. The molecule has 0 saturated heterocycles. The number of hydrogen-bond donors (Lipinski definition) is 0. The van der Waals surface area contributed by atoms with Crippen molar-refractivity contribution in [3.63, 3.8) is 0 Å². The van der Waals surface area contributed by atoms with Crippen molar-refractivity contribution in [1.29, 1.82) is 0 Å². The first-order valence-electron chi connectivity index (χ1n) is 10.2. The van der Waals surface area contributed by atoms with Gasteiger partial charge in [-0.3, -0.25) is 9.78 Å². The van der Waals surface area contributed by atoms with Crippen LogP contribution in [0.25, 0.3) is 11.4 Å². The van der Waals surface area contributed by atoms with Gasteiger partial charge in [-0.25, -0.2) is 0 Å². The van der Waals surface area contributed by atoms with Crippen molar-refractivity contribution in [2.75, 3.05) is 5.75 Å². The van der Waals surface area contributed by atoms with Gasteiger partial charge in [0.05, 0.1) is 11.8 Å². The Morgan fingerprint density at radius 2 is 1.77 bits per heavy atom. The van der Waals surface area contributed by atoms with Gasteiger partial charge in [-0.1, -0.05) is 42.1 Å². The Labute approximate surface area is 186 Å². The number of ketones is 1. The molecule has 4 rings (SSSR count). The SMILES string of the molecule is Cc1cc(C(=O)CSc2nnc(-c3ccncc3)n2C)c(C)n1[C@@H](C)c1ccccc1. The van der Waals surface area contributed by atoms with E-state index in [0.29, 0.717) is 10.9 Å². The van der Waals surface area contributed by atoms with E-state index in [-0.39, 0.29) is 11.8 Å². The topological polar surface area (TPSA) is 65.6 Å². The zero-order valence-electron chi connectivity index (χ0n) is 18.1. The number of rotatable bonds is 7. The van der Waals surface area contributed by atoms with E-state index in [2.05, 4.69) is 45.7 Å². The fourth-order valence-electron chi connectivity index (χ4n) is 3.94. The standard InChI is InChI=1S/C24H25N5OS/c1-16-14-21(18(3)29(16)17(2)19-8-6-5-7-9-19)22(30)15-31-24-27-26-23(28(24)4)20-10-12-25-13-11-20/h5-14,17H,15H2,1-4H3/t17-/m0/s1. The molecule has 0 bridgehead atoms. The Morgan fingerprint density at radius 1 is 1.06 bits per heavy atom. The zero-order chi connectivity index (χ0) is 22.0. The van der Waals surface area contributed by atoms with Gasteiger partial charge in [-0.15, -0.1) is 10.2 Å². The smallest absolute Gasteiger partial charge is 0.191 e. The van der Waals surface area contributed by atoms with Gasteiger partial charge in [-0.05, 0) is 44.5 Å². The summed E-state index contributed by atoms with van der Waals surface area (Å²) < 4.78 is 4.14. The summed E-state index contributed by atoms with van der Waals surface area (Å²) in [5.41, 5.74) is 5.02. The van der Waals surface area contributed by atoms with Crippen molar-refractivity contribution >= 4 is 17.5 Å². The highest BCUT2D eigenvalue weighted by atomic mass is 32.2. The number of Topliss-reactive ketones (excluding diaryl/α,β-unsaturated/α-hetero) is 1. The highest BCUT2D eigenvalue weighted by Crippen LogP contribution is 2.28. The van der Waals surface area contributed by atoms with Crippen LogP contribution in [-0.2, 0) is 7.05 Å². The van der Waals surface area contributed by atoms with E-state index in [0.717, 1.165) is 28.3 Å². The second-order valence-corrected chi connectivity index (χ2v) is 8.50. The largest absolute Gasteiger partial charge is 0.341 e. The summed E-state index contributed by atoms with van der Waals surface area (Å²) >= 11 is 1.41. The Bertz CT molecular complexity index is 1200. The van der Waals surface area contributed by atoms with Crippen LogP contribution in [0, 0.1) is 13.8 Å². The molecule has 0 aliphatic heterocycles. The number of carbonyl (C=O) groups is 1. The molecule has 158 valence electrons. The van der Waals surface area contributed by atoms with Gasteiger partial charge in [0.25, 0.3) is 0 Å². The molecule has 0 unspecified atom stereocenters. The molecule has 7 heteroatoms. The number of thioether (sulfide) groups is 1. The molecule has 3 heterocycles. The summed E-state index contributed by atoms with van der Waals surface area (Å²) in [6.07, 6.45) is 3.46. The molecule has 1 atom stereocenters. The molecule has 6 nitrogen and oxygen atoms in total. The average Bonchev–Trinajstić information content (AvgIpc) is 3.31. The maximum atomic E-state index is 13.1. The first kappa shape index (κ1) is 21.1. The van der Waals surface area contributed by atoms with Crippen molar-refractivity contribution in [2.45, 2.75) is 32.0 Å². The van der Waals surface area contributed by atoms with Gasteiger partial charge >= 0.3 is 0 Å². The molecular formula is C24H25N5OS. The molecule has 0 amide bonds. The Balaban J connectivity index is 1.51. The minimum absolute atomic E-state index is 0.0954. The normalized spacial score (nSPS) is 12.1. The van der Waals surface area contributed by atoms with Crippen LogP contribution < -0.4 is 0 Å². The molecular weight excluding hydrogens is 406 g/mol. The van der Waals surface area contributed by atoms with Crippen LogP contribution in [0.2, 0.25) is 0 Å². The molecule has 1 aromatic carbocycles. The number of pyridine rings is 1. The van der Waals surface area contributed by atoms with Crippen molar-refractivity contribution in [1.82, 2.24) is 24.3 Å². The maximum absolute atomic E-state index is 13.1. The average molecular weight is 432 g/mol. The first-order valence-corrected chi connectivity index (χ1v) is 11.1. The molecule has 31 heavy (non-hydrogen) atoms. The Morgan fingerprint density at radius 3 is 2.48 bits per heavy atom. The number of aryl methyl sites for hydroxylation is 1. The molecule has 0 radical (unpaired) electrons. The molecule has 0 aliphatic carbocycles. The second kappa shape index (κ2) is 8.89. The number of aromatic nitrogens is 5. The fourth-order valence-corrected chi connectivity index (χ4v) is 4.73. The van der Waals surface area contributed by atoms with Crippen LogP contribution >= 0.6 is 11.8 Å². The molecule has 4 aromatic rings. The van der Waals surface area contributed by atoms with Crippen LogP contribution in [0.5, 0.6) is 0 Å². The summed E-state index contributed by atoms with van der Waals surface area (Å²) in [6, 6.07) is 16.3.